The van der Waals surface area contributed by atoms with Crippen LogP contribution in [0.5, 0.6) is 11.5 Å². The molecule has 0 amide bonds. The van der Waals surface area contributed by atoms with Crippen LogP contribution in [0.4, 0.5) is 0 Å². The van der Waals surface area contributed by atoms with E-state index in [1.165, 1.54) is 0 Å². The van der Waals surface area contributed by atoms with Crippen LogP contribution in [0.25, 0.3) is 0 Å². The fraction of sp³-hybridized carbons (Fsp3) is 0.619. The predicted octanol–water partition coefficient (Wildman–Crippen LogP) is 6.41. The summed E-state index contributed by atoms with van der Waals surface area (Å²) in [4.78, 5) is 50.7. The first kappa shape index (κ1) is 36.6. The Kier molecular flexibility index (Phi) is 10.5. The molecule has 4 bridgehead atoms. The molecule has 4 aliphatic heterocycles. The molecule has 7 rings (SSSR count). The average molecular weight is 717 g/mol. The average Bonchev–Trinajstić information content (AvgIpc) is 3.32. The van der Waals surface area contributed by atoms with Gasteiger partial charge in [0.25, 0.3) is 0 Å². The summed E-state index contributed by atoms with van der Waals surface area (Å²) in [5.74, 6) is -0.612. The second-order valence-electron chi connectivity index (χ2n) is 16.6. The van der Waals surface area contributed by atoms with E-state index < -0.39 is 11.8 Å². The molecule has 10 heteroatoms. The van der Waals surface area contributed by atoms with Crippen molar-refractivity contribution in [2.45, 2.75) is 140 Å². The number of hydrogen-bond acceptors (Lipinski definition) is 8. The lowest BCUT2D eigenvalue weighted by Gasteiger charge is -2.47. The Labute approximate surface area is 307 Å². The number of benzene rings is 2. The van der Waals surface area contributed by atoms with E-state index in [4.69, 9.17) is 18.9 Å². The molecule has 6 unspecified atom stereocenters. The van der Waals surface area contributed by atoms with Crippen LogP contribution in [0, 0.1) is 11.8 Å². The molecule has 0 radical (unpaired) electrons. The van der Waals surface area contributed by atoms with Gasteiger partial charge in [0.15, 0.2) is 0 Å². The van der Waals surface area contributed by atoms with Gasteiger partial charge < -0.3 is 27.9 Å². The van der Waals surface area contributed by atoms with Crippen LogP contribution in [0.3, 0.4) is 0 Å². The molecule has 5 fully saturated rings. The molecule has 5 aliphatic rings. The van der Waals surface area contributed by atoms with Gasteiger partial charge in [-0.3, -0.25) is 19.2 Å². The molecule has 4 heterocycles. The van der Waals surface area contributed by atoms with Crippen molar-refractivity contribution in [2.75, 3.05) is 14.1 Å². The topological polar surface area (TPSA) is 105 Å². The summed E-state index contributed by atoms with van der Waals surface area (Å²) in [6.45, 7) is 5.26. The van der Waals surface area contributed by atoms with Gasteiger partial charge in [0.2, 0.25) is 0 Å². The van der Waals surface area contributed by atoms with Crippen molar-refractivity contribution in [2.24, 2.45) is 11.8 Å². The van der Waals surface area contributed by atoms with Gasteiger partial charge in [-0.25, -0.2) is 0 Å². The summed E-state index contributed by atoms with van der Waals surface area (Å²) in [5, 5.41) is 0. The number of hydrogen-bond donors (Lipinski definition) is 0. The number of esters is 4. The van der Waals surface area contributed by atoms with Crippen LogP contribution in [0.15, 0.2) is 48.5 Å². The number of fused-ring (bicyclic) bond motifs is 4. The zero-order chi connectivity index (χ0) is 36.6. The lowest BCUT2D eigenvalue weighted by Crippen LogP contribution is -2.58. The number of carbonyl (C=O) groups excluding carboxylic acids is 4. The first-order chi connectivity index (χ1) is 25.0. The van der Waals surface area contributed by atoms with Crippen LogP contribution < -0.4 is 9.47 Å². The molecule has 10 atom stereocenters. The molecule has 1 saturated carbocycles. The third-order valence-corrected chi connectivity index (χ3v) is 13.5. The Balaban J connectivity index is 0.899. The Morgan fingerprint density at radius 1 is 0.577 bits per heavy atom. The highest BCUT2D eigenvalue weighted by atomic mass is 16.6. The van der Waals surface area contributed by atoms with E-state index in [0.717, 1.165) is 84.5 Å². The van der Waals surface area contributed by atoms with Gasteiger partial charge >= 0.3 is 23.9 Å². The van der Waals surface area contributed by atoms with Crippen molar-refractivity contribution in [3.05, 3.63) is 59.7 Å². The van der Waals surface area contributed by atoms with Gasteiger partial charge in [-0.05, 0) is 37.1 Å². The lowest BCUT2D eigenvalue weighted by molar-refractivity contribution is -0.961. The minimum Gasteiger partial charge on any atom is -0.462 e. The van der Waals surface area contributed by atoms with Gasteiger partial charge in [-0.15, -0.1) is 0 Å². The summed E-state index contributed by atoms with van der Waals surface area (Å²) in [6, 6.07) is 17.2. The van der Waals surface area contributed by atoms with Gasteiger partial charge in [-0.1, -0.05) is 38.1 Å². The standard InChI is InChI=1S/C42H56N2O8/c1-5-39(45)49-33-11-7-9-27(19-33)25-43(3)29-13-14-30(43)22-35(21-29)51-41(47)37-17-18-38(37)42(48)52-36-23-31-15-16-32(24-36)44(31,4)26-28-10-8-12-34(20-28)50-40(46)6-2/h7-12,19-20,29-32,35-38H,5-6,13-18,21-26H2,1-4H3/q+2/t29-,30+,31-,32+,35?,36?,37?,38?,43?,44?. The van der Waals surface area contributed by atoms with E-state index in [9.17, 15) is 19.2 Å². The molecule has 0 spiro atoms. The maximum absolute atomic E-state index is 13.5. The smallest absolute Gasteiger partial charge is 0.310 e. The van der Waals surface area contributed by atoms with E-state index in [-0.39, 0.29) is 36.1 Å². The van der Waals surface area contributed by atoms with Gasteiger partial charge in [0.1, 0.15) is 36.8 Å². The normalized spacial score (nSPS) is 34.5. The van der Waals surface area contributed by atoms with Crippen LogP contribution in [-0.2, 0) is 41.7 Å². The van der Waals surface area contributed by atoms with Crippen molar-refractivity contribution in [3.8, 4) is 11.5 Å². The molecule has 280 valence electrons. The number of piperidine rings is 2. The SMILES string of the molecule is CCC(=O)Oc1cccc(C[N+]2(C)[C@@H]3CC[C@H]2CC(OC(=O)C2CCC2C(=O)OC2C[C@H]4CC[C@@H](C2)[N+]4(C)Cc2cccc(OC(=O)CC)c2)C3)c1. The van der Waals surface area contributed by atoms with Crippen LogP contribution in [0.2, 0.25) is 0 Å². The van der Waals surface area contributed by atoms with E-state index >= 15 is 0 Å². The van der Waals surface area contributed by atoms with Crippen molar-refractivity contribution < 1.29 is 47.1 Å². The molecular formula is C42H56N2O8+2. The molecule has 10 nitrogen and oxygen atoms in total. The molecule has 0 N–H and O–H groups in total. The summed E-state index contributed by atoms with van der Waals surface area (Å²) >= 11 is 0. The Bertz CT molecular complexity index is 1520. The van der Waals surface area contributed by atoms with Crippen molar-refractivity contribution in [1.29, 1.82) is 0 Å². The van der Waals surface area contributed by atoms with Crippen molar-refractivity contribution in [1.82, 2.24) is 0 Å². The molecule has 0 aromatic heterocycles. The molecule has 1 aliphatic carbocycles. The zero-order valence-corrected chi connectivity index (χ0v) is 31.3. The van der Waals surface area contributed by atoms with Gasteiger partial charge in [0.05, 0.1) is 50.1 Å². The van der Waals surface area contributed by atoms with Gasteiger partial charge in [-0.2, -0.15) is 0 Å². The number of ether oxygens (including phenoxy) is 4. The van der Waals surface area contributed by atoms with E-state index in [0.29, 0.717) is 61.3 Å². The fourth-order valence-electron chi connectivity index (χ4n) is 10.3. The minimum atomic E-state index is -0.419. The summed E-state index contributed by atoms with van der Waals surface area (Å²) in [5.41, 5.74) is 2.28. The van der Waals surface area contributed by atoms with Crippen molar-refractivity contribution >= 4 is 23.9 Å². The van der Waals surface area contributed by atoms with E-state index in [1.54, 1.807) is 13.8 Å². The molecule has 4 saturated heterocycles. The monoisotopic (exact) mass is 716 g/mol. The Morgan fingerprint density at radius 3 is 1.27 bits per heavy atom. The van der Waals surface area contributed by atoms with Crippen LogP contribution in [-0.4, -0.2) is 83.3 Å². The highest BCUT2D eigenvalue weighted by molar-refractivity contribution is 5.84. The molecular weight excluding hydrogens is 660 g/mol. The predicted molar refractivity (Wildman–Crippen MR) is 193 cm³/mol. The highest BCUT2D eigenvalue weighted by Crippen LogP contribution is 2.46. The van der Waals surface area contributed by atoms with Gasteiger partial charge in [0, 0.05) is 75.3 Å². The first-order valence-corrected chi connectivity index (χ1v) is 19.7. The molecule has 2 aromatic rings. The number of rotatable bonds is 12. The number of nitrogens with zero attached hydrogens (tertiary/aromatic N) is 2. The van der Waals surface area contributed by atoms with Crippen LogP contribution >= 0.6 is 0 Å². The largest absolute Gasteiger partial charge is 0.462 e. The quantitative estimate of drug-likeness (QED) is 0.141. The van der Waals surface area contributed by atoms with Crippen LogP contribution in [0.1, 0.15) is 102 Å². The van der Waals surface area contributed by atoms with Crippen molar-refractivity contribution in [3.63, 3.8) is 0 Å². The summed E-state index contributed by atoms with van der Waals surface area (Å²) < 4.78 is 25.1. The Morgan fingerprint density at radius 2 is 0.942 bits per heavy atom. The number of carbonyl (C=O) groups is 4. The molecule has 2 aromatic carbocycles. The first-order valence-electron chi connectivity index (χ1n) is 19.7. The second-order valence-corrected chi connectivity index (χ2v) is 16.6. The second kappa shape index (κ2) is 14.9. The fourth-order valence-corrected chi connectivity index (χ4v) is 10.3. The summed E-state index contributed by atoms with van der Waals surface area (Å²) in [7, 11) is 4.62. The Hall–Kier alpha value is -3.76. The zero-order valence-electron chi connectivity index (χ0n) is 31.3. The number of quaternary nitrogens is 2. The minimum absolute atomic E-state index is 0.130. The maximum Gasteiger partial charge on any atom is 0.310 e. The lowest BCUT2D eigenvalue weighted by atomic mass is 9.73. The highest BCUT2D eigenvalue weighted by Gasteiger charge is 2.55. The maximum atomic E-state index is 13.5. The summed E-state index contributed by atoms with van der Waals surface area (Å²) in [6.07, 6.45) is 9.42. The molecule has 52 heavy (non-hydrogen) atoms. The third-order valence-electron chi connectivity index (χ3n) is 13.5. The third kappa shape index (κ3) is 7.38. The van der Waals surface area contributed by atoms with E-state index in [1.807, 2.05) is 36.4 Å². The van der Waals surface area contributed by atoms with E-state index in [2.05, 4.69) is 26.2 Å².